The number of benzene rings is 1. The lowest BCUT2D eigenvalue weighted by atomic mass is 10.0. The van der Waals surface area contributed by atoms with Crippen molar-refractivity contribution in [1.82, 2.24) is 15.0 Å². The Morgan fingerprint density at radius 3 is 2.47 bits per heavy atom. The maximum Gasteiger partial charge on any atom is 0.225 e. The molecule has 0 radical (unpaired) electrons. The van der Waals surface area contributed by atoms with Gasteiger partial charge in [-0.1, -0.05) is 36.2 Å². The number of hydrogen-bond acceptors (Lipinski definition) is 7. The molecule has 3 rings (SSSR count). The molecule has 32 heavy (non-hydrogen) atoms. The second-order valence-electron chi connectivity index (χ2n) is 7.96. The van der Waals surface area contributed by atoms with Gasteiger partial charge in [-0.05, 0) is 50.1 Å². The van der Waals surface area contributed by atoms with Crippen LogP contribution in [0.25, 0.3) is 0 Å². The summed E-state index contributed by atoms with van der Waals surface area (Å²) in [5.74, 6) is 1.32. The molecule has 2 aromatic heterocycles. The molecule has 0 unspecified atom stereocenters. The van der Waals surface area contributed by atoms with E-state index in [1.807, 2.05) is 26.8 Å². The van der Waals surface area contributed by atoms with Gasteiger partial charge in [-0.25, -0.2) is 9.97 Å². The average Bonchev–Trinajstić information content (AvgIpc) is 2.73. The summed E-state index contributed by atoms with van der Waals surface area (Å²) in [6.07, 6.45) is 2.46. The van der Waals surface area contributed by atoms with Gasteiger partial charge in [-0.2, -0.15) is 4.98 Å². The minimum absolute atomic E-state index is 0.0669. The quantitative estimate of drug-likeness (QED) is 0.372. The predicted octanol–water partition coefficient (Wildman–Crippen LogP) is 5.09. The highest BCUT2D eigenvalue weighted by atomic mass is 35.5. The van der Waals surface area contributed by atoms with Crippen molar-refractivity contribution in [3.8, 4) is 0 Å². The number of anilines is 3. The molecule has 0 spiro atoms. The number of nitrogens with one attached hydrogen (secondary N) is 2. The Labute approximate surface area is 197 Å². The number of ketones is 1. The van der Waals surface area contributed by atoms with Gasteiger partial charge in [0.25, 0.3) is 0 Å². The molecule has 9 heteroatoms. The van der Waals surface area contributed by atoms with Crippen LogP contribution in [0.4, 0.5) is 17.6 Å². The van der Waals surface area contributed by atoms with Crippen LogP contribution < -0.4 is 10.6 Å². The molecule has 3 N–H and O–H groups in total. The number of aryl methyl sites for hydroxylation is 1. The van der Waals surface area contributed by atoms with Crippen LogP contribution in [0.3, 0.4) is 0 Å². The van der Waals surface area contributed by atoms with Gasteiger partial charge in [0.2, 0.25) is 5.95 Å². The smallest absolute Gasteiger partial charge is 0.225 e. The molecule has 168 valence electrons. The summed E-state index contributed by atoms with van der Waals surface area (Å²) in [4.78, 5) is 26.0. The second kappa shape index (κ2) is 10.3. The number of halogens is 2. The number of aromatic nitrogens is 3. The van der Waals surface area contributed by atoms with Gasteiger partial charge in [0.15, 0.2) is 5.78 Å². The standard InChI is InChI=1S/C23H25Cl2N5O2/c1-4-15-12-20(29-22(27-15)30-23(2,3)13-31)28-19-11-14(8-9-26-19)10-18(32)21-16(24)6-5-7-17(21)25/h5-9,11-12,31H,4,10,13H2,1-3H3,(H2,26,27,28,29,30). The Hall–Kier alpha value is -2.74. The molecule has 0 aliphatic heterocycles. The highest BCUT2D eigenvalue weighted by molar-refractivity contribution is 6.39. The predicted molar refractivity (Wildman–Crippen MR) is 128 cm³/mol. The van der Waals surface area contributed by atoms with E-state index in [0.29, 0.717) is 39.6 Å². The van der Waals surface area contributed by atoms with Crippen molar-refractivity contribution in [2.45, 2.75) is 39.2 Å². The van der Waals surface area contributed by atoms with E-state index in [1.165, 1.54) is 0 Å². The van der Waals surface area contributed by atoms with Gasteiger partial charge in [-0.3, -0.25) is 4.79 Å². The van der Waals surface area contributed by atoms with Gasteiger partial charge < -0.3 is 15.7 Å². The normalized spacial score (nSPS) is 11.3. The Balaban J connectivity index is 1.81. The molecular formula is C23H25Cl2N5O2. The van der Waals surface area contributed by atoms with Gasteiger partial charge in [0, 0.05) is 24.4 Å². The Kier molecular flexibility index (Phi) is 7.66. The number of aliphatic hydroxyl groups is 1. The van der Waals surface area contributed by atoms with Crippen LogP contribution in [0.15, 0.2) is 42.6 Å². The number of nitrogens with zero attached hydrogens (tertiary/aromatic N) is 3. The van der Waals surface area contributed by atoms with E-state index in [-0.39, 0.29) is 18.8 Å². The molecule has 0 aliphatic rings. The topological polar surface area (TPSA) is 100 Å². The first-order valence-electron chi connectivity index (χ1n) is 10.2. The first-order valence-corrected chi connectivity index (χ1v) is 10.9. The van der Waals surface area contributed by atoms with Gasteiger partial charge >= 0.3 is 0 Å². The zero-order valence-corrected chi connectivity index (χ0v) is 19.6. The lowest BCUT2D eigenvalue weighted by molar-refractivity contribution is 0.0993. The van der Waals surface area contributed by atoms with Crippen molar-refractivity contribution >= 4 is 46.6 Å². The van der Waals surface area contributed by atoms with Crippen LogP contribution in [0, 0.1) is 0 Å². The Morgan fingerprint density at radius 2 is 1.81 bits per heavy atom. The fourth-order valence-corrected chi connectivity index (χ4v) is 3.57. The van der Waals surface area contributed by atoms with E-state index >= 15 is 0 Å². The van der Waals surface area contributed by atoms with Crippen molar-refractivity contribution in [3.05, 3.63) is 69.5 Å². The molecule has 3 aromatic rings. The molecule has 0 saturated carbocycles. The minimum Gasteiger partial charge on any atom is -0.394 e. The molecule has 2 heterocycles. The molecule has 0 bridgehead atoms. The summed E-state index contributed by atoms with van der Waals surface area (Å²) in [7, 11) is 0. The van der Waals surface area contributed by atoms with E-state index in [4.69, 9.17) is 23.2 Å². The van der Waals surface area contributed by atoms with Crippen molar-refractivity contribution in [2.75, 3.05) is 17.2 Å². The Bertz CT molecular complexity index is 1100. The summed E-state index contributed by atoms with van der Waals surface area (Å²) in [5, 5.41) is 16.5. The van der Waals surface area contributed by atoms with Crippen LogP contribution in [-0.4, -0.2) is 38.0 Å². The monoisotopic (exact) mass is 473 g/mol. The first kappa shape index (κ1) is 23.9. The largest absolute Gasteiger partial charge is 0.394 e. The molecule has 0 amide bonds. The number of Topliss-reactive ketones (excluding diaryl/α,β-unsaturated/α-hetero) is 1. The molecule has 0 aliphatic carbocycles. The van der Waals surface area contributed by atoms with Crippen LogP contribution in [0.1, 0.15) is 42.4 Å². The van der Waals surface area contributed by atoms with Crippen LogP contribution in [0.2, 0.25) is 10.0 Å². The fourth-order valence-electron chi connectivity index (χ4n) is 2.96. The molecule has 0 saturated heterocycles. The summed E-state index contributed by atoms with van der Waals surface area (Å²) < 4.78 is 0. The maximum atomic E-state index is 12.8. The van der Waals surface area contributed by atoms with E-state index in [1.54, 1.807) is 36.5 Å². The molecule has 1 aromatic carbocycles. The van der Waals surface area contributed by atoms with E-state index in [0.717, 1.165) is 11.3 Å². The summed E-state index contributed by atoms with van der Waals surface area (Å²) in [6, 6.07) is 10.4. The fraction of sp³-hybridized carbons (Fsp3) is 0.304. The summed E-state index contributed by atoms with van der Waals surface area (Å²) in [5.41, 5.74) is 1.33. The molecule has 0 fully saturated rings. The molecule has 7 nitrogen and oxygen atoms in total. The Morgan fingerprint density at radius 1 is 1.09 bits per heavy atom. The number of carbonyl (C=O) groups excluding carboxylic acids is 1. The summed E-state index contributed by atoms with van der Waals surface area (Å²) in [6.45, 7) is 5.64. The van der Waals surface area contributed by atoms with Gasteiger partial charge in [0.05, 0.1) is 27.8 Å². The minimum atomic E-state index is -0.567. The van der Waals surface area contributed by atoms with Crippen molar-refractivity contribution in [2.24, 2.45) is 0 Å². The van der Waals surface area contributed by atoms with Gasteiger partial charge in [-0.15, -0.1) is 0 Å². The van der Waals surface area contributed by atoms with Crippen molar-refractivity contribution in [1.29, 1.82) is 0 Å². The van der Waals surface area contributed by atoms with Crippen LogP contribution >= 0.6 is 23.2 Å². The molecular weight excluding hydrogens is 449 g/mol. The molecule has 0 atom stereocenters. The summed E-state index contributed by atoms with van der Waals surface area (Å²) >= 11 is 12.3. The number of rotatable bonds is 9. The first-order chi connectivity index (χ1) is 15.2. The lowest BCUT2D eigenvalue weighted by Gasteiger charge is -2.24. The van der Waals surface area contributed by atoms with Crippen molar-refractivity contribution in [3.63, 3.8) is 0 Å². The number of hydrogen-bond donors (Lipinski definition) is 3. The third-order valence-electron chi connectivity index (χ3n) is 4.67. The third-order valence-corrected chi connectivity index (χ3v) is 5.30. The highest BCUT2D eigenvalue weighted by Crippen LogP contribution is 2.26. The SMILES string of the molecule is CCc1cc(Nc2cc(CC(=O)c3c(Cl)cccc3Cl)ccn2)nc(NC(C)(C)CO)n1. The lowest BCUT2D eigenvalue weighted by Crippen LogP contribution is -2.35. The van der Waals surface area contributed by atoms with E-state index in [9.17, 15) is 9.90 Å². The highest BCUT2D eigenvalue weighted by Gasteiger charge is 2.18. The zero-order chi connectivity index (χ0) is 23.3. The van der Waals surface area contributed by atoms with E-state index in [2.05, 4.69) is 25.6 Å². The van der Waals surface area contributed by atoms with Crippen molar-refractivity contribution < 1.29 is 9.90 Å². The zero-order valence-electron chi connectivity index (χ0n) is 18.1. The van der Waals surface area contributed by atoms with Gasteiger partial charge in [0.1, 0.15) is 11.6 Å². The second-order valence-corrected chi connectivity index (χ2v) is 8.77. The average molecular weight is 474 g/mol. The van der Waals surface area contributed by atoms with Crippen LogP contribution in [0.5, 0.6) is 0 Å². The van der Waals surface area contributed by atoms with Crippen LogP contribution in [-0.2, 0) is 12.8 Å². The maximum absolute atomic E-state index is 12.8. The number of aliphatic hydroxyl groups excluding tert-OH is 1. The van der Waals surface area contributed by atoms with E-state index < -0.39 is 5.54 Å². The number of pyridine rings is 1. The number of carbonyl (C=O) groups is 1. The third kappa shape index (κ3) is 6.16.